The second-order valence-electron chi connectivity index (χ2n) is 5.40. The summed E-state index contributed by atoms with van der Waals surface area (Å²) in [4.78, 5) is 11.7. The van der Waals surface area contributed by atoms with Crippen molar-refractivity contribution in [2.24, 2.45) is 0 Å². The normalized spacial score (nSPS) is 10.8. The van der Waals surface area contributed by atoms with Gasteiger partial charge in [-0.1, -0.05) is 22.9 Å². The highest BCUT2D eigenvalue weighted by atomic mass is 79.9. The lowest BCUT2D eigenvalue weighted by Gasteiger charge is -2.16. The van der Waals surface area contributed by atoms with Crippen molar-refractivity contribution >= 4 is 21.8 Å². The molecule has 0 spiro atoms. The minimum absolute atomic E-state index is 0.0431. The van der Waals surface area contributed by atoms with Crippen LogP contribution in [-0.2, 0) is 11.3 Å². The average molecular weight is 357 g/mol. The van der Waals surface area contributed by atoms with Crippen molar-refractivity contribution in [2.75, 3.05) is 13.2 Å². The maximum atomic E-state index is 11.7. The zero-order valence-corrected chi connectivity index (χ0v) is 14.8. The quantitative estimate of drug-likeness (QED) is 0.703. The van der Waals surface area contributed by atoms with Crippen LogP contribution in [-0.4, -0.2) is 25.1 Å². The van der Waals surface area contributed by atoms with E-state index in [0.717, 1.165) is 40.9 Å². The van der Waals surface area contributed by atoms with Gasteiger partial charge >= 0.3 is 0 Å². The predicted molar refractivity (Wildman–Crippen MR) is 89.7 cm³/mol. The fourth-order valence-electron chi connectivity index (χ4n) is 2.04. The van der Waals surface area contributed by atoms with Gasteiger partial charge in [0.2, 0.25) is 0 Å². The highest BCUT2D eigenvalue weighted by molar-refractivity contribution is 9.10. The molecule has 2 N–H and O–H groups in total. The fraction of sp³-hybridized carbons (Fsp3) is 0.562. The van der Waals surface area contributed by atoms with Crippen molar-refractivity contribution in [3.8, 4) is 5.75 Å². The van der Waals surface area contributed by atoms with Gasteiger partial charge in [-0.25, -0.2) is 0 Å². The Morgan fingerprint density at radius 3 is 2.71 bits per heavy atom. The zero-order chi connectivity index (χ0) is 15.8. The van der Waals surface area contributed by atoms with E-state index in [-0.39, 0.29) is 18.6 Å². The number of rotatable bonds is 8. The van der Waals surface area contributed by atoms with Gasteiger partial charge in [0.05, 0.1) is 0 Å². The van der Waals surface area contributed by atoms with Crippen molar-refractivity contribution in [3.63, 3.8) is 0 Å². The molecule has 0 heterocycles. The molecule has 1 rings (SSSR count). The lowest BCUT2D eigenvalue weighted by atomic mass is 10.1. The van der Waals surface area contributed by atoms with E-state index in [4.69, 9.17) is 4.74 Å². The molecule has 0 radical (unpaired) electrons. The second kappa shape index (κ2) is 9.05. The predicted octanol–water partition coefficient (Wildman–Crippen LogP) is 3.16. The number of carbonyl (C=O) groups excluding carboxylic acids is 1. The molecule has 1 aromatic carbocycles. The summed E-state index contributed by atoms with van der Waals surface area (Å²) in [6.45, 7) is 9.72. The fourth-order valence-corrected chi connectivity index (χ4v) is 2.66. The monoisotopic (exact) mass is 356 g/mol. The molecule has 4 nitrogen and oxygen atoms in total. The van der Waals surface area contributed by atoms with Crippen molar-refractivity contribution in [2.45, 2.75) is 46.7 Å². The Morgan fingerprint density at radius 2 is 2.10 bits per heavy atom. The third-order valence-electron chi connectivity index (χ3n) is 2.86. The number of hydrogen-bond acceptors (Lipinski definition) is 3. The topological polar surface area (TPSA) is 50.4 Å². The number of aryl methyl sites for hydroxylation is 1. The Hall–Kier alpha value is -1.07. The average Bonchev–Trinajstić information content (AvgIpc) is 2.36. The Morgan fingerprint density at radius 1 is 1.38 bits per heavy atom. The summed E-state index contributed by atoms with van der Waals surface area (Å²) in [5.74, 6) is 0.695. The number of amides is 1. The first-order chi connectivity index (χ1) is 9.93. The van der Waals surface area contributed by atoms with Crippen LogP contribution >= 0.6 is 15.9 Å². The molecule has 21 heavy (non-hydrogen) atoms. The third kappa shape index (κ3) is 6.48. The Bertz CT molecular complexity index is 476. The zero-order valence-electron chi connectivity index (χ0n) is 13.3. The summed E-state index contributed by atoms with van der Waals surface area (Å²) < 4.78 is 6.76. The van der Waals surface area contributed by atoms with E-state index in [1.54, 1.807) is 0 Å². The number of nitrogens with one attached hydrogen (secondary N) is 2. The third-order valence-corrected chi connectivity index (χ3v) is 3.31. The molecule has 0 aliphatic heterocycles. The lowest BCUT2D eigenvalue weighted by Crippen LogP contribution is -2.34. The van der Waals surface area contributed by atoms with Crippen molar-refractivity contribution in [3.05, 3.63) is 27.7 Å². The molecule has 1 aromatic rings. The summed E-state index contributed by atoms with van der Waals surface area (Å²) in [5.41, 5.74) is 2.09. The van der Waals surface area contributed by atoms with Crippen LogP contribution in [0.3, 0.4) is 0 Å². The van der Waals surface area contributed by atoms with Crippen LogP contribution in [0.1, 0.15) is 38.3 Å². The molecule has 1 amide bonds. The Kier molecular flexibility index (Phi) is 7.75. The summed E-state index contributed by atoms with van der Waals surface area (Å²) in [7, 11) is 0. The number of benzene rings is 1. The largest absolute Gasteiger partial charge is 0.483 e. The second-order valence-corrected chi connectivity index (χ2v) is 6.31. The van der Waals surface area contributed by atoms with Gasteiger partial charge in [0.15, 0.2) is 6.61 Å². The van der Waals surface area contributed by atoms with Crippen molar-refractivity contribution < 1.29 is 9.53 Å². The first-order valence-electron chi connectivity index (χ1n) is 7.36. The van der Waals surface area contributed by atoms with Crippen molar-refractivity contribution in [1.29, 1.82) is 0 Å². The number of carbonyl (C=O) groups is 1. The Labute approximate surface area is 135 Å². The van der Waals surface area contributed by atoms with Crippen LogP contribution in [0.25, 0.3) is 0 Å². The van der Waals surface area contributed by atoms with Gasteiger partial charge < -0.3 is 15.4 Å². The maximum Gasteiger partial charge on any atom is 0.258 e. The number of hydrogen-bond donors (Lipinski definition) is 2. The van der Waals surface area contributed by atoms with Crippen LogP contribution in [0.5, 0.6) is 5.75 Å². The standard InChI is InChI=1S/C16H25BrN2O2/c1-5-6-18-9-13-8-14(17)7-12(4)16(13)21-10-15(20)19-11(2)3/h7-8,11,18H,5-6,9-10H2,1-4H3,(H,19,20). The molecule has 0 atom stereocenters. The van der Waals surface area contributed by atoms with Gasteiger partial charge in [-0.05, 0) is 51.4 Å². The molecule has 0 unspecified atom stereocenters. The van der Waals surface area contributed by atoms with Crippen LogP contribution in [0.4, 0.5) is 0 Å². The minimum Gasteiger partial charge on any atom is -0.483 e. The molecule has 0 saturated carbocycles. The van der Waals surface area contributed by atoms with E-state index in [0.29, 0.717) is 0 Å². The first kappa shape index (κ1) is 18.0. The molecular formula is C16H25BrN2O2. The van der Waals surface area contributed by atoms with E-state index in [2.05, 4.69) is 33.5 Å². The lowest BCUT2D eigenvalue weighted by molar-refractivity contribution is -0.123. The number of ether oxygens (including phenoxy) is 1. The highest BCUT2D eigenvalue weighted by Gasteiger charge is 2.11. The molecule has 5 heteroatoms. The molecule has 0 aliphatic rings. The molecule has 0 saturated heterocycles. The summed E-state index contributed by atoms with van der Waals surface area (Å²) >= 11 is 3.51. The summed E-state index contributed by atoms with van der Waals surface area (Å²) in [6.07, 6.45) is 1.08. The molecular weight excluding hydrogens is 332 g/mol. The van der Waals surface area contributed by atoms with Crippen molar-refractivity contribution in [1.82, 2.24) is 10.6 Å². The smallest absolute Gasteiger partial charge is 0.258 e. The number of halogens is 1. The summed E-state index contributed by atoms with van der Waals surface area (Å²) in [6, 6.07) is 4.16. The maximum absolute atomic E-state index is 11.7. The van der Waals surface area contributed by atoms with Gasteiger partial charge in [-0.2, -0.15) is 0 Å². The Balaban J connectivity index is 2.76. The van der Waals surface area contributed by atoms with Gasteiger partial charge in [-0.3, -0.25) is 4.79 Å². The molecule has 0 bridgehead atoms. The molecule has 0 aliphatic carbocycles. The van der Waals surface area contributed by atoms with Crippen LogP contribution in [0.2, 0.25) is 0 Å². The molecule has 118 valence electrons. The van der Waals surface area contributed by atoms with E-state index < -0.39 is 0 Å². The van der Waals surface area contributed by atoms with Gasteiger partial charge in [0.1, 0.15) is 5.75 Å². The van der Waals surface area contributed by atoms with E-state index in [1.165, 1.54) is 0 Å². The SMILES string of the molecule is CCCNCc1cc(Br)cc(C)c1OCC(=O)NC(C)C. The molecule has 0 fully saturated rings. The van der Waals surface area contributed by atoms with E-state index >= 15 is 0 Å². The van der Waals surface area contributed by atoms with Crippen LogP contribution in [0, 0.1) is 6.92 Å². The van der Waals surface area contributed by atoms with E-state index in [9.17, 15) is 4.79 Å². The highest BCUT2D eigenvalue weighted by Crippen LogP contribution is 2.28. The van der Waals surface area contributed by atoms with Crippen LogP contribution < -0.4 is 15.4 Å². The van der Waals surface area contributed by atoms with Gasteiger partial charge in [0.25, 0.3) is 5.91 Å². The summed E-state index contributed by atoms with van der Waals surface area (Å²) in [5, 5.41) is 6.19. The van der Waals surface area contributed by atoms with E-state index in [1.807, 2.05) is 32.9 Å². The first-order valence-corrected chi connectivity index (χ1v) is 8.15. The molecule has 0 aromatic heterocycles. The minimum atomic E-state index is -0.0974. The van der Waals surface area contributed by atoms with Gasteiger partial charge in [-0.15, -0.1) is 0 Å². The van der Waals surface area contributed by atoms with Gasteiger partial charge in [0, 0.05) is 22.6 Å². The van der Waals surface area contributed by atoms with Crippen LogP contribution in [0.15, 0.2) is 16.6 Å².